The largest absolute Gasteiger partial charge is 0.496 e. The Balaban J connectivity index is 0.000000173. The number of nitrogens with zero attached hydrogens (tertiary/aromatic N) is 8. The SMILES string of the molecule is CCc1cccc(-c2cc(C)c(OC)cc2C)n1.COc1cc(C)c(-c2cc(C)cc(C)n2)cc1C.COc1cc(C)c(-c2ccccn2)cc1C.COc1cc(Cl)c(-c2ccccn2)cc1C.COc1cc(Cl)c(-c2ccccn2)cc1Cl.COc1cc(F)c(-c2cccc(Cl)n2)cc1F.Cc1cc(-c2ncccn2)c(C)cc1OC(C)C. The summed E-state index contributed by atoms with van der Waals surface area (Å²) >= 11 is 24.1. The second kappa shape index (κ2) is 45.2. The average Bonchev–Trinajstić information content (AvgIpc) is 0.830. The summed E-state index contributed by atoms with van der Waals surface area (Å²) in [6.07, 6.45) is 9.94. The van der Waals surface area contributed by atoms with Crippen LogP contribution in [-0.4, -0.2) is 88.6 Å². The first kappa shape index (κ1) is 92.6. The van der Waals surface area contributed by atoms with Crippen LogP contribution in [0, 0.1) is 87.8 Å². The number of hydrogen-bond acceptors (Lipinski definition) is 15. The summed E-state index contributed by atoms with van der Waals surface area (Å²) in [6, 6.07) is 60.3. The molecule has 0 spiro atoms. The van der Waals surface area contributed by atoms with Crippen molar-refractivity contribution < 1.29 is 41.9 Å². The lowest BCUT2D eigenvalue weighted by Crippen LogP contribution is -2.07. The molecule has 0 aliphatic heterocycles. The zero-order valence-electron chi connectivity index (χ0n) is 70.8. The molecular weight excluding hydrogens is 1580 g/mol. The van der Waals surface area contributed by atoms with E-state index in [9.17, 15) is 8.78 Å². The van der Waals surface area contributed by atoms with Gasteiger partial charge in [0.2, 0.25) is 0 Å². The van der Waals surface area contributed by atoms with E-state index in [0.29, 0.717) is 20.8 Å². The van der Waals surface area contributed by atoms with Gasteiger partial charge in [0, 0.05) is 93.4 Å². The van der Waals surface area contributed by atoms with E-state index >= 15 is 0 Å². The Hall–Kier alpha value is -11.9. The first-order valence-corrected chi connectivity index (χ1v) is 39.7. The third-order valence-corrected chi connectivity index (χ3v) is 19.6. The molecule has 0 fully saturated rings. The second-order valence-corrected chi connectivity index (χ2v) is 29.5. The quantitative estimate of drug-likeness (QED) is 0.0837. The van der Waals surface area contributed by atoms with Gasteiger partial charge in [0.15, 0.2) is 17.4 Å². The van der Waals surface area contributed by atoms with E-state index in [1.807, 2.05) is 121 Å². The molecule has 14 aromatic rings. The normalized spacial score (nSPS) is 10.4. The summed E-state index contributed by atoms with van der Waals surface area (Å²) in [5.41, 5.74) is 25.1. The van der Waals surface area contributed by atoms with Crippen molar-refractivity contribution in [2.45, 2.75) is 109 Å². The van der Waals surface area contributed by atoms with Crippen molar-refractivity contribution in [1.29, 1.82) is 0 Å². The molecule has 0 N–H and O–H groups in total. The average molecular weight is 1680 g/mol. The molecule has 0 aliphatic carbocycles. The molecule has 0 bridgehead atoms. The lowest BCUT2D eigenvalue weighted by Gasteiger charge is -2.15. The first-order chi connectivity index (χ1) is 57.0. The van der Waals surface area contributed by atoms with Crippen LogP contribution in [0.15, 0.2) is 225 Å². The molecule has 0 amide bonds. The molecule has 21 heteroatoms. The summed E-state index contributed by atoms with van der Waals surface area (Å²) in [5.74, 6) is 4.44. The number of aryl methyl sites for hydroxylation is 12. The minimum atomic E-state index is -0.648. The van der Waals surface area contributed by atoms with Crippen LogP contribution < -0.4 is 33.2 Å². The van der Waals surface area contributed by atoms with Crippen molar-refractivity contribution in [2.75, 3.05) is 42.7 Å². The highest BCUT2D eigenvalue weighted by molar-refractivity contribution is 6.36. The van der Waals surface area contributed by atoms with E-state index in [1.165, 1.54) is 46.1 Å². The predicted octanol–water partition coefficient (Wildman–Crippen LogP) is 26.3. The highest BCUT2D eigenvalue weighted by Gasteiger charge is 2.18. The summed E-state index contributed by atoms with van der Waals surface area (Å²) in [5, 5.41) is 1.96. The van der Waals surface area contributed by atoms with Gasteiger partial charge in [0.1, 0.15) is 45.5 Å². The van der Waals surface area contributed by atoms with Gasteiger partial charge in [-0.25, -0.2) is 23.7 Å². The second-order valence-electron chi connectivity index (χ2n) is 27.8. The maximum Gasteiger partial charge on any atom is 0.165 e. The first-order valence-electron chi connectivity index (χ1n) is 38.2. The summed E-state index contributed by atoms with van der Waals surface area (Å²) in [6.45, 7) is 28.8. The smallest absolute Gasteiger partial charge is 0.165 e. The molecule has 7 heterocycles. The molecule has 0 unspecified atom stereocenters. The molecule has 0 radical (unpaired) electrons. The van der Waals surface area contributed by atoms with Crippen LogP contribution in [0.25, 0.3) is 78.9 Å². The molecule has 0 atom stereocenters. The Morgan fingerprint density at radius 2 is 0.697 bits per heavy atom. The van der Waals surface area contributed by atoms with Crippen LogP contribution in [-0.2, 0) is 6.42 Å². The number of hydrogen-bond donors (Lipinski definition) is 0. The molecule has 0 aliphatic rings. The van der Waals surface area contributed by atoms with Crippen LogP contribution in [0.4, 0.5) is 8.78 Å². The molecule has 0 saturated carbocycles. The molecular formula is C98H100Cl4F2N8O7. The van der Waals surface area contributed by atoms with Gasteiger partial charge in [-0.3, -0.25) is 24.9 Å². The molecule has 7 aromatic heterocycles. The minimum absolute atomic E-state index is 0.0470. The number of pyridine rings is 6. The number of aromatic nitrogens is 8. The number of halogens is 6. The van der Waals surface area contributed by atoms with E-state index in [2.05, 4.69) is 179 Å². The maximum absolute atomic E-state index is 13.7. The summed E-state index contributed by atoms with van der Waals surface area (Å²) in [4.78, 5) is 34.7. The van der Waals surface area contributed by atoms with Crippen molar-refractivity contribution >= 4 is 46.4 Å². The molecule has 616 valence electrons. The maximum atomic E-state index is 13.7. The van der Waals surface area contributed by atoms with Gasteiger partial charge in [-0.1, -0.05) is 83.7 Å². The van der Waals surface area contributed by atoms with Gasteiger partial charge in [-0.15, -0.1) is 0 Å². The van der Waals surface area contributed by atoms with Crippen LogP contribution in [0.1, 0.15) is 87.8 Å². The van der Waals surface area contributed by atoms with Gasteiger partial charge in [-0.05, 0) is 304 Å². The Morgan fingerprint density at radius 3 is 1.16 bits per heavy atom. The van der Waals surface area contributed by atoms with Crippen molar-refractivity contribution in [3.05, 3.63) is 324 Å². The van der Waals surface area contributed by atoms with Crippen LogP contribution in [0.5, 0.6) is 40.2 Å². The number of rotatable bonds is 16. The molecule has 0 saturated heterocycles. The van der Waals surface area contributed by atoms with Gasteiger partial charge >= 0.3 is 0 Å². The molecule has 14 rings (SSSR count). The third kappa shape index (κ3) is 26.1. The molecule has 119 heavy (non-hydrogen) atoms. The van der Waals surface area contributed by atoms with Crippen molar-refractivity contribution in [3.8, 4) is 119 Å². The van der Waals surface area contributed by atoms with E-state index in [1.54, 1.807) is 90.7 Å². The third-order valence-electron chi connectivity index (χ3n) is 18.5. The Bertz CT molecular complexity index is 5450. The Kier molecular flexibility index (Phi) is 35.2. The monoisotopic (exact) mass is 1680 g/mol. The van der Waals surface area contributed by atoms with Gasteiger partial charge < -0.3 is 33.2 Å². The zero-order chi connectivity index (χ0) is 86.6. The zero-order valence-corrected chi connectivity index (χ0v) is 73.9. The van der Waals surface area contributed by atoms with Gasteiger partial charge in [-0.2, -0.15) is 0 Å². The highest BCUT2D eigenvalue weighted by atomic mass is 35.5. The fourth-order valence-corrected chi connectivity index (χ4v) is 13.4. The van der Waals surface area contributed by atoms with E-state index in [0.717, 1.165) is 143 Å². The highest BCUT2D eigenvalue weighted by Crippen LogP contribution is 2.39. The molecule has 7 aromatic carbocycles. The van der Waals surface area contributed by atoms with Gasteiger partial charge in [0.05, 0.1) is 98.0 Å². The fourth-order valence-electron chi connectivity index (χ4n) is 12.5. The topological polar surface area (TPSA) is 168 Å². The van der Waals surface area contributed by atoms with Crippen LogP contribution >= 0.6 is 46.4 Å². The predicted molar refractivity (Wildman–Crippen MR) is 482 cm³/mol. The summed E-state index contributed by atoms with van der Waals surface area (Å²) in [7, 11) is 9.57. The Labute approximate surface area is 718 Å². The molecule has 15 nitrogen and oxygen atoms in total. The van der Waals surface area contributed by atoms with E-state index in [4.69, 9.17) is 74.8 Å². The van der Waals surface area contributed by atoms with E-state index in [-0.39, 0.29) is 28.3 Å². The van der Waals surface area contributed by atoms with E-state index < -0.39 is 11.6 Å². The lowest BCUT2D eigenvalue weighted by atomic mass is 10.0. The standard InChI is InChI=1S/2C16H19NO.C15H18N2O.C14H15NO.C13H12ClNO.C12H9Cl2NO.C12H8ClF2NO/c1-10-6-13(4)17-15(7-10)14-8-12(3)16(18-5)9-11(14)2;1-5-13-7-6-8-15(17-13)14-9-12(3)16(18-4)10-11(14)2;1-10(2)18-14-9-11(3)13(8-12(14)4)15-16-6-5-7-17-15;1-10-9-14(16-3)11(2)8-12(10)13-6-4-5-7-15-13;1-9-7-10(11(14)8-13(9)16-2)12-5-3-4-6-15-12;1-16-12-7-9(13)8(6-10(12)14)11-4-2-3-5-15-11;1-17-11-6-8(14)7(5-9(11)15)10-3-2-4-12(13)16-10/h6-9H,1-5H3;6-10H,5H2,1-4H3;5-10H,1-4H3;4-9H,1-3H3;3-8H,1-2H3;2-7H,1H3;2-6H,1H3. The van der Waals surface area contributed by atoms with Crippen molar-refractivity contribution in [2.24, 2.45) is 0 Å². The van der Waals surface area contributed by atoms with Crippen LogP contribution in [0.2, 0.25) is 20.2 Å². The number of benzene rings is 7. The Morgan fingerprint density at radius 1 is 0.303 bits per heavy atom. The lowest BCUT2D eigenvalue weighted by molar-refractivity contribution is 0.240. The fraction of sp³-hybridized carbons (Fsp3) is 0.224. The van der Waals surface area contributed by atoms with Gasteiger partial charge in [0.25, 0.3) is 0 Å². The number of ether oxygens (including phenoxy) is 7. The summed E-state index contributed by atoms with van der Waals surface area (Å²) < 4.78 is 63.9. The van der Waals surface area contributed by atoms with Crippen LogP contribution in [0.3, 0.4) is 0 Å². The minimum Gasteiger partial charge on any atom is -0.496 e. The van der Waals surface area contributed by atoms with Crippen molar-refractivity contribution in [1.82, 2.24) is 39.9 Å². The number of methoxy groups -OCH3 is 6. The van der Waals surface area contributed by atoms with Crippen molar-refractivity contribution in [3.63, 3.8) is 0 Å².